The molecule has 0 radical (unpaired) electrons. The number of ether oxygens (including phenoxy) is 1. The fourth-order valence-electron chi connectivity index (χ4n) is 1.53. The molecule has 0 aromatic rings. The van der Waals surface area contributed by atoms with E-state index in [1.54, 1.807) is 0 Å². The first-order valence-electron chi connectivity index (χ1n) is 4.08. The van der Waals surface area contributed by atoms with Gasteiger partial charge in [0, 0.05) is 20.1 Å². The molecule has 0 saturated carbocycles. The van der Waals surface area contributed by atoms with Crippen molar-refractivity contribution in [3.63, 3.8) is 0 Å². The fraction of sp³-hybridized carbons (Fsp3) is 0.857. The van der Waals surface area contributed by atoms with Crippen molar-refractivity contribution < 1.29 is 23.1 Å². The van der Waals surface area contributed by atoms with E-state index >= 15 is 0 Å². The van der Waals surface area contributed by atoms with Crippen LogP contribution in [0.2, 0.25) is 0 Å². The number of hydrogen-bond donors (Lipinski definition) is 1. The number of aliphatic carboxylic acids is 1. The topological polar surface area (TPSA) is 83.9 Å². The number of carbonyl (C=O) groups is 1. The van der Waals surface area contributed by atoms with E-state index in [1.807, 2.05) is 0 Å². The van der Waals surface area contributed by atoms with Gasteiger partial charge in [-0.1, -0.05) is 0 Å². The zero-order chi connectivity index (χ0) is 10.9. The normalized spacial score (nSPS) is 29.3. The quantitative estimate of drug-likeness (QED) is 0.671. The first-order chi connectivity index (χ1) is 6.36. The molecule has 0 aromatic carbocycles. The Labute approximate surface area is 82.5 Å². The number of methoxy groups -OCH3 is 1. The highest BCUT2D eigenvalue weighted by molar-refractivity contribution is 7.88. The van der Waals surface area contributed by atoms with Gasteiger partial charge in [-0.15, -0.1) is 0 Å². The molecule has 0 spiro atoms. The van der Waals surface area contributed by atoms with Gasteiger partial charge in [-0.05, 0) is 0 Å². The number of carboxylic acid groups (broad SMARTS) is 1. The molecule has 6 nitrogen and oxygen atoms in total. The van der Waals surface area contributed by atoms with Gasteiger partial charge in [0.2, 0.25) is 10.0 Å². The lowest BCUT2D eigenvalue weighted by molar-refractivity contribution is -0.140. The highest BCUT2D eigenvalue weighted by Crippen LogP contribution is 2.22. The van der Waals surface area contributed by atoms with E-state index in [-0.39, 0.29) is 19.1 Å². The van der Waals surface area contributed by atoms with E-state index in [1.165, 1.54) is 7.11 Å². The summed E-state index contributed by atoms with van der Waals surface area (Å²) < 4.78 is 28.3. The van der Waals surface area contributed by atoms with Crippen molar-refractivity contribution in [3.8, 4) is 0 Å². The minimum Gasteiger partial charge on any atom is -0.480 e. The van der Waals surface area contributed by atoms with Crippen LogP contribution in [0.25, 0.3) is 0 Å². The summed E-state index contributed by atoms with van der Waals surface area (Å²) in [7, 11) is -2.03. The molecule has 1 fully saturated rings. The maximum absolute atomic E-state index is 11.2. The molecule has 0 bridgehead atoms. The molecule has 1 rings (SSSR count). The molecular weight excluding hydrogens is 210 g/mol. The smallest absolute Gasteiger partial charge is 0.322 e. The summed E-state index contributed by atoms with van der Waals surface area (Å²) in [5, 5.41) is 8.80. The Morgan fingerprint density at radius 1 is 1.57 bits per heavy atom. The Morgan fingerprint density at radius 3 is 2.43 bits per heavy atom. The highest BCUT2D eigenvalue weighted by Gasteiger charge is 2.41. The average molecular weight is 223 g/mol. The van der Waals surface area contributed by atoms with Gasteiger partial charge in [-0.2, -0.15) is 4.31 Å². The lowest BCUT2D eigenvalue weighted by atomic mass is 10.2. The Hall–Kier alpha value is -0.660. The van der Waals surface area contributed by atoms with Crippen LogP contribution in [0.3, 0.4) is 0 Å². The van der Waals surface area contributed by atoms with Crippen molar-refractivity contribution in [2.75, 3.05) is 19.9 Å². The SMILES string of the molecule is CO[C@@H]1C[C@H](C(=O)O)N(S(C)(=O)=O)C1. The molecule has 7 heteroatoms. The van der Waals surface area contributed by atoms with Crippen LogP contribution in [0.1, 0.15) is 6.42 Å². The standard InChI is InChI=1S/C7H13NO5S/c1-13-5-3-6(7(9)10)8(4-5)14(2,11)12/h5-6H,3-4H2,1-2H3,(H,9,10)/t5-,6-/m1/s1. The van der Waals surface area contributed by atoms with Crippen LogP contribution in [0, 0.1) is 0 Å². The van der Waals surface area contributed by atoms with Crippen molar-refractivity contribution >= 4 is 16.0 Å². The number of carboxylic acids is 1. The summed E-state index contributed by atoms with van der Waals surface area (Å²) in [6.45, 7) is 0.117. The number of rotatable bonds is 3. The molecule has 1 aliphatic rings. The van der Waals surface area contributed by atoms with Crippen LogP contribution in [-0.4, -0.2) is 55.9 Å². The maximum atomic E-state index is 11.2. The zero-order valence-corrected chi connectivity index (χ0v) is 8.82. The molecule has 1 N–H and O–H groups in total. The van der Waals surface area contributed by atoms with E-state index in [9.17, 15) is 13.2 Å². The van der Waals surface area contributed by atoms with Gasteiger partial charge < -0.3 is 9.84 Å². The van der Waals surface area contributed by atoms with Gasteiger partial charge in [-0.25, -0.2) is 8.42 Å². The Balaban J connectivity index is 2.88. The average Bonchev–Trinajstić information content (AvgIpc) is 2.46. The van der Waals surface area contributed by atoms with Crippen molar-refractivity contribution in [3.05, 3.63) is 0 Å². The predicted molar refractivity (Wildman–Crippen MR) is 48.4 cm³/mol. The first-order valence-corrected chi connectivity index (χ1v) is 5.93. The molecule has 0 unspecified atom stereocenters. The zero-order valence-electron chi connectivity index (χ0n) is 8.00. The van der Waals surface area contributed by atoms with E-state index in [0.717, 1.165) is 10.6 Å². The second-order valence-corrected chi connectivity index (χ2v) is 5.22. The molecule has 1 aliphatic heterocycles. The summed E-state index contributed by atoms with van der Waals surface area (Å²) in [6.07, 6.45) is 0.880. The number of nitrogens with zero attached hydrogens (tertiary/aromatic N) is 1. The van der Waals surface area contributed by atoms with Crippen LogP contribution in [0.5, 0.6) is 0 Å². The predicted octanol–water partition coefficient (Wildman–Crippen LogP) is -0.880. The van der Waals surface area contributed by atoms with E-state index in [0.29, 0.717) is 0 Å². The molecule has 14 heavy (non-hydrogen) atoms. The number of hydrogen-bond acceptors (Lipinski definition) is 4. The minimum absolute atomic E-state index is 0.117. The third kappa shape index (κ3) is 2.23. The van der Waals surface area contributed by atoms with Gasteiger partial charge in [0.05, 0.1) is 12.4 Å². The van der Waals surface area contributed by atoms with Crippen LogP contribution in [-0.2, 0) is 19.6 Å². The van der Waals surface area contributed by atoms with Crippen molar-refractivity contribution in [2.24, 2.45) is 0 Å². The van der Waals surface area contributed by atoms with Crippen LogP contribution < -0.4 is 0 Å². The van der Waals surface area contributed by atoms with Gasteiger partial charge >= 0.3 is 5.97 Å². The summed E-state index contributed by atoms with van der Waals surface area (Å²) in [6, 6.07) is -0.991. The summed E-state index contributed by atoms with van der Waals surface area (Å²) >= 11 is 0. The molecular formula is C7H13NO5S. The van der Waals surface area contributed by atoms with Crippen LogP contribution >= 0.6 is 0 Å². The number of sulfonamides is 1. The maximum Gasteiger partial charge on any atom is 0.322 e. The molecule has 2 atom stereocenters. The molecule has 0 aromatic heterocycles. The summed E-state index contributed by atoms with van der Waals surface area (Å²) in [5.41, 5.74) is 0. The monoisotopic (exact) mass is 223 g/mol. The van der Waals surface area contributed by atoms with Crippen molar-refractivity contribution in [1.82, 2.24) is 4.31 Å². The van der Waals surface area contributed by atoms with Crippen molar-refractivity contribution in [1.29, 1.82) is 0 Å². The summed E-state index contributed by atoms with van der Waals surface area (Å²) in [5.74, 6) is -1.13. The Kier molecular flexibility index (Phi) is 3.13. The van der Waals surface area contributed by atoms with E-state index < -0.39 is 22.0 Å². The molecule has 0 amide bonds. The third-order valence-electron chi connectivity index (χ3n) is 2.26. The summed E-state index contributed by atoms with van der Waals surface area (Å²) in [4.78, 5) is 10.8. The largest absolute Gasteiger partial charge is 0.480 e. The fourth-order valence-corrected chi connectivity index (χ4v) is 2.61. The van der Waals surface area contributed by atoms with Gasteiger partial charge in [-0.3, -0.25) is 4.79 Å². The minimum atomic E-state index is -3.47. The van der Waals surface area contributed by atoms with E-state index in [2.05, 4.69) is 0 Å². The molecule has 1 saturated heterocycles. The van der Waals surface area contributed by atoms with Gasteiger partial charge in [0.1, 0.15) is 6.04 Å². The molecule has 0 aliphatic carbocycles. The lowest BCUT2D eigenvalue weighted by Gasteiger charge is -2.17. The van der Waals surface area contributed by atoms with E-state index in [4.69, 9.17) is 9.84 Å². The second-order valence-electron chi connectivity index (χ2n) is 3.28. The lowest BCUT2D eigenvalue weighted by Crippen LogP contribution is -2.39. The Morgan fingerprint density at radius 2 is 2.14 bits per heavy atom. The van der Waals surface area contributed by atoms with Gasteiger partial charge in [0.15, 0.2) is 0 Å². The van der Waals surface area contributed by atoms with Crippen LogP contribution in [0.4, 0.5) is 0 Å². The van der Waals surface area contributed by atoms with Crippen molar-refractivity contribution in [2.45, 2.75) is 18.6 Å². The second kappa shape index (κ2) is 3.84. The first kappa shape index (κ1) is 11.4. The molecule has 1 heterocycles. The van der Waals surface area contributed by atoms with Gasteiger partial charge in [0.25, 0.3) is 0 Å². The molecule has 82 valence electrons. The Bertz CT molecular complexity index is 325. The van der Waals surface area contributed by atoms with Crippen LogP contribution in [0.15, 0.2) is 0 Å². The highest BCUT2D eigenvalue weighted by atomic mass is 32.2. The third-order valence-corrected chi connectivity index (χ3v) is 3.52.